The van der Waals surface area contributed by atoms with Gasteiger partial charge in [-0.25, -0.2) is 10.1 Å². The monoisotopic (exact) mass is 625 g/mol. The van der Waals surface area contributed by atoms with Crippen LogP contribution in [0.3, 0.4) is 0 Å². The molecule has 6 heterocycles. The van der Waals surface area contributed by atoms with Crippen molar-refractivity contribution in [1.82, 2.24) is 21.3 Å². The Kier molecular flexibility index (Phi) is 11.0. The number of guanidine groups is 2. The number of unbranched alkanes of at least 4 members (excludes halogenated alkanes) is 8. The van der Waals surface area contributed by atoms with E-state index in [1.807, 2.05) is 0 Å². The number of ether oxygens (including phenoxy) is 1. The largest absolute Gasteiger partial charge is 0.459 e. The van der Waals surface area contributed by atoms with Crippen molar-refractivity contribution in [2.75, 3.05) is 0 Å². The molecule has 45 heavy (non-hydrogen) atoms. The molecule has 2 fully saturated rings. The van der Waals surface area contributed by atoms with Crippen molar-refractivity contribution in [1.29, 1.82) is 0 Å². The van der Waals surface area contributed by atoms with Gasteiger partial charge in [0.1, 0.15) is 11.6 Å². The van der Waals surface area contributed by atoms with E-state index in [1.54, 1.807) is 0 Å². The summed E-state index contributed by atoms with van der Waals surface area (Å²) in [6.07, 6.45) is 25.1. The van der Waals surface area contributed by atoms with Crippen molar-refractivity contribution < 1.29 is 18.7 Å². The molecule has 6 rings (SSSR count). The van der Waals surface area contributed by atoms with Crippen LogP contribution in [0, 0.1) is 0 Å². The lowest BCUT2D eigenvalue weighted by Crippen LogP contribution is -2.61. The Bertz CT molecular complexity index is 1150. The molecule has 0 unspecified atom stereocenters. The number of carbonyl (C=O) groups is 1. The van der Waals surface area contributed by atoms with E-state index in [-0.39, 0.29) is 18.1 Å². The Morgan fingerprint density at radius 2 is 1.38 bits per heavy atom. The fraction of sp³-hybridized carbons (Fsp3) is 0.865. The number of esters is 1. The van der Waals surface area contributed by atoms with E-state index >= 15 is 0 Å². The first-order valence-corrected chi connectivity index (χ1v) is 19.2. The molecule has 0 aromatic carbocycles. The Labute approximate surface area is 273 Å². The second kappa shape index (κ2) is 15.1. The number of nitrogens with one attached hydrogen (secondary N) is 4. The van der Waals surface area contributed by atoms with Gasteiger partial charge in [0, 0.05) is 19.3 Å². The molecule has 2 saturated heterocycles. The van der Waals surface area contributed by atoms with E-state index in [4.69, 9.17) is 4.74 Å². The minimum Gasteiger partial charge on any atom is -0.459 e. The highest BCUT2D eigenvalue weighted by atomic mass is 16.5. The van der Waals surface area contributed by atoms with Gasteiger partial charge in [-0.05, 0) is 72.1 Å². The molecule has 0 bridgehead atoms. The normalized spacial score (nSPS) is 32.3. The standard InChI is InChI=1S/C37H62N6O2/c1-5-6-7-8-9-10-13-16-29-24-32-20-21-33-34(27(4)39-37(41-29)43(32)33)35(44)45-26(3)15-12-11-14-17-28-23-31-19-18-30-22-25(2)38-36(40-28)42(30)31/h25-26,28-33H,5-24H2,1-4H3,(H2,38,39,40,41,44)/p+2/t25-,26-,28+,29-,30+,31-,32+,33+/m1/s1. The van der Waals surface area contributed by atoms with Crippen molar-refractivity contribution in [2.45, 2.75) is 205 Å². The Hall–Kier alpha value is -2.25. The lowest BCUT2D eigenvalue weighted by atomic mass is 9.97. The molecular formula is C37H64N6O2+2. The molecule has 4 N–H and O–H groups in total. The van der Waals surface area contributed by atoms with Crippen LogP contribution in [0.4, 0.5) is 0 Å². The van der Waals surface area contributed by atoms with Crippen LogP contribution in [0.2, 0.25) is 0 Å². The maximum atomic E-state index is 13.5. The number of carbonyl (C=O) groups excluding carboxylic acids is 1. The molecule has 8 nitrogen and oxygen atoms in total. The van der Waals surface area contributed by atoms with Crippen LogP contribution in [0.5, 0.6) is 0 Å². The molecule has 0 aromatic rings. The van der Waals surface area contributed by atoms with Crippen molar-refractivity contribution in [2.24, 2.45) is 0 Å². The van der Waals surface area contributed by atoms with Crippen molar-refractivity contribution in [3.8, 4) is 0 Å². The first-order chi connectivity index (χ1) is 21.9. The van der Waals surface area contributed by atoms with Crippen LogP contribution >= 0.6 is 0 Å². The summed E-state index contributed by atoms with van der Waals surface area (Å²) in [6.45, 7) is 8.74. The van der Waals surface area contributed by atoms with Crippen LogP contribution in [-0.4, -0.2) is 75.4 Å². The number of rotatable bonds is 16. The molecule has 0 amide bonds. The lowest BCUT2D eigenvalue weighted by molar-refractivity contribution is -0.593. The van der Waals surface area contributed by atoms with E-state index in [0.29, 0.717) is 24.2 Å². The second-order valence-electron chi connectivity index (χ2n) is 15.5. The van der Waals surface area contributed by atoms with Gasteiger partial charge in [-0.3, -0.25) is 25.1 Å². The molecule has 252 valence electrons. The molecule has 0 aliphatic carbocycles. The third-order valence-electron chi connectivity index (χ3n) is 11.8. The van der Waals surface area contributed by atoms with Crippen LogP contribution in [0.25, 0.3) is 0 Å². The van der Waals surface area contributed by atoms with Gasteiger partial charge in [0.2, 0.25) is 0 Å². The summed E-state index contributed by atoms with van der Waals surface area (Å²) < 4.78 is 11.2. The van der Waals surface area contributed by atoms with Crippen molar-refractivity contribution in [3.05, 3.63) is 11.3 Å². The van der Waals surface area contributed by atoms with E-state index in [2.05, 4.69) is 58.1 Å². The molecule has 6 aliphatic rings. The van der Waals surface area contributed by atoms with Crippen LogP contribution in [0.1, 0.15) is 156 Å². The van der Waals surface area contributed by atoms with E-state index in [1.165, 1.54) is 109 Å². The molecule has 0 radical (unpaired) electrons. The number of nitrogens with zero attached hydrogens (tertiary/aromatic N) is 2. The average molecular weight is 625 g/mol. The van der Waals surface area contributed by atoms with Gasteiger partial charge in [-0.2, -0.15) is 0 Å². The van der Waals surface area contributed by atoms with E-state index in [9.17, 15) is 4.79 Å². The van der Waals surface area contributed by atoms with Gasteiger partial charge in [0.25, 0.3) is 0 Å². The zero-order valence-electron chi connectivity index (χ0n) is 29.0. The summed E-state index contributed by atoms with van der Waals surface area (Å²) in [5.74, 6) is 2.32. The Balaban J connectivity index is 0.903. The van der Waals surface area contributed by atoms with Gasteiger partial charge in [-0.1, -0.05) is 64.7 Å². The summed E-state index contributed by atoms with van der Waals surface area (Å²) in [6, 6.07) is 3.83. The topological polar surface area (TPSA) is 80.4 Å². The Morgan fingerprint density at radius 3 is 2.11 bits per heavy atom. The minimum atomic E-state index is -0.112. The lowest BCUT2D eigenvalue weighted by Gasteiger charge is -2.35. The smallest absolute Gasteiger partial charge is 0.351 e. The van der Waals surface area contributed by atoms with Gasteiger partial charge < -0.3 is 4.74 Å². The van der Waals surface area contributed by atoms with Crippen molar-refractivity contribution >= 4 is 17.9 Å². The number of hydrogen-bond donors (Lipinski definition) is 4. The van der Waals surface area contributed by atoms with Crippen LogP contribution < -0.4 is 21.3 Å². The second-order valence-corrected chi connectivity index (χ2v) is 15.5. The van der Waals surface area contributed by atoms with Gasteiger partial charge in [0.05, 0.1) is 48.1 Å². The molecular weight excluding hydrogens is 560 g/mol. The third kappa shape index (κ3) is 7.67. The predicted octanol–water partition coefficient (Wildman–Crippen LogP) is 5.79. The first kappa shape index (κ1) is 32.7. The Morgan fingerprint density at radius 1 is 0.778 bits per heavy atom. The maximum absolute atomic E-state index is 13.5. The molecule has 0 spiro atoms. The summed E-state index contributed by atoms with van der Waals surface area (Å²) in [5.41, 5.74) is 1.83. The zero-order chi connectivity index (χ0) is 31.3. The average Bonchev–Trinajstić information content (AvgIpc) is 3.61. The highest BCUT2D eigenvalue weighted by molar-refractivity contribution is 5.93. The quantitative estimate of drug-likeness (QED) is 0.0989. The molecule has 8 heteroatoms. The summed E-state index contributed by atoms with van der Waals surface area (Å²) >= 11 is 0. The van der Waals surface area contributed by atoms with Crippen LogP contribution in [0.15, 0.2) is 11.3 Å². The van der Waals surface area contributed by atoms with Crippen molar-refractivity contribution in [3.63, 3.8) is 0 Å². The fourth-order valence-electron chi connectivity index (χ4n) is 9.57. The minimum absolute atomic E-state index is 0.0496. The predicted molar refractivity (Wildman–Crippen MR) is 182 cm³/mol. The molecule has 0 aromatic heterocycles. The summed E-state index contributed by atoms with van der Waals surface area (Å²) in [4.78, 5) is 13.5. The highest BCUT2D eigenvalue weighted by Crippen LogP contribution is 2.35. The first-order valence-electron chi connectivity index (χ1n) is 19.2. The molecule has 0 saturated carbocycles. The summed E-state index contributed by atoms with van der Waals surface area (Å²) in [7, 11) is 0. The SMILES string of the molecule is CCCCCCCCC[C@@H]1C[C@@H]2CC[C@H]3C(C(=O)O[C@H](C)CCCCC[C@H]4C[C@H]5CC[C@H]6C[C@@H](C)NC(=[N+]56)N4)=C(C)NC(=[N+]23)N1. The fourth-order valence-corrected chi connectivity index (χ4v) is 9.57. The van der Waals surface area contributed by atoms with E-state index < -0.39 is 0 Å². The molecule has 6 aliphatic heterocycles. The maximum Gasteiger partial charge on any atom is 0.351 e. The zero-order valence-corrected chi connectivity index (χ0v) is 29.0. The third-order valence-corrected chi connectivity index (χ3v) is 11.8. The van der Waals surface area contributed by atoms with Crippen LogP contribution in [-0.2, 0) is 9.53 Å². The number of hydrogen-bond acceptors (Lipinski definition) is 6. The summed E-state index contributed by atoms with van der Waals surface area (Å²) in [5, 5.41) is 15.0. The van der Waals surface area contributed by atoms with Gasteiger partial charge in [0.15, 0.2) is 0 Å². The van der Waals surface area contributed by atoms with Gasteiger partial charge in [-0.15, -0.1) is 0 Å². The van der Waals surface area contributed by atoms with E-state index in [0.717, 1.165) is 55.0 Å². The van der Waals surface area contributed by atoms with Gasteiger partial charge >= 0.3 is 17.9 Å². The highest BCUT2D eigenvalue weighted by Gasteiger charge is 2.48. The molecule has 8 atom stereocenters. The number of allylic oxidation sites excluding steroid dienone is 1.